The summed E-state index contributed by atoms with van der Waals surface area (Å²) in [6.07, 6.45) is 7.35. The molecule has 2 N–H and O–H groups in total. The normalized spacial score (nSPS) is 29.2. The molecular formula is C14H23NO3. The van der Waals surface area contributed by atoms with E-state index in [1.807, 2.05) is 11.9 Å². The number of amides is 1. The number of fused-ring (bicyclic) bond motifs is 2. The third-order valence-corrected chi connectivity index (χ3v) is 4.18. The summed E-state index contributed by atoms with van der Waals surface area (Å²) in [4.78, 5) is 14.1. The van der Waals surface area contributed by atoms with E-state index in [1.165, 1.54) is 0 Å². The van der Waals surface area contributed by atoms with Gasteiger partial charge in [-0.15, -0.1) is 0 Å². The van der Waals surface area contributed by atoms with Crippen LogP contribution in [0.1, 0.15) is 32.1 Å². The van der Waals surface area contributed by atoms with Crippen LogP contribution in [0.25, 0.3) is 0 Å². The minimum Gasteiger partial charge on any atom is -0.368 e. The second-order valence-corrected chi connectivity index (χ2v) is 5.62. The van der Waals surface area contributed by atoms with Gasteiger partial charge in [-0.05, 0) is 43.9 Å². The third kappa shape index (κ3) is 3.12. The lowest BCUT2D eigenvalue weighted by Gasteiger charge is -2.24. The quantitative estimate of drug-likeness (QED) is 0.424. The van der Waals surface area contributed by atoms with E-state index in [9.17, 15) is 4.79 Å². The van der Waals surface area contributed by atoms with Crippen molar-refractivity contribution < 1.29 is 15.0 Å². The van der Waals surface area contributed by atoms with Crippen LogP contribution >= 0.6 is 0 Å². The molecule has 0 radical (unpaired) electrons. The van der Waals surface area contributed by atoms with Gasteiger partial charge in [-0.1, -0.05) is 12.2 Å². The first-order valence-corrected chi connectivity index (χ1v) is 6.87. The van der Waals surface area contributed by atoms with E-state index in [0.29, 0.717) is 24.8 Å². The molecule has 3 unspecified atom stereocenters. The molecule has 2 aliphatic rings. The fraction of sp³-hybridized carbons (Fsp3) is 0.786. The van der Waals surface area contributed by atoms with Crippen LogP contribution in [0.5, 0.6) is 0 Å². The zero-order chi connectivity index (χ0) is 13.1. The smallest absolute Gasteiger partial charge is 0.226 e. The highest BCUT2D eigenvalue weighted by atomic mass is 16.5. The number of allylic oxidation sites excluding steroid dienone is 2. The van der Waals surface area contributed by atoms with Gasteiger partial charge in [-0.25, -0.2) is 0 Å². The summed E-state index contributed by atoms with van der Waals surface area (Å²) in [6.45, 7) is 0.711. The molecule has 1 saturated carbocycles. The molecule has 0 aromatic rings. The first kappa shape index (κ1) is 13.6. The highest BCUT2D eigenvalue weighted by Crippen LogP contribution is 2.44. The lowest BCUT2D eigenvalue weighted by Crippen LogP contribution is -2.35. The van der Waals surface area contributed by atoms with Gasteiger partial charge in [0, 0.05) is 19.5 Å². The Kier molecular flexibility index (Phi) is 4.40. The van der Waals surface area contributed by atoms with Crippen molar-refractivity contribution in [3.8, 4) is 0 Å². The summed E-state index contributed by atoms with van der Waals surface area (Å²) in [6, 6.07) is 0. The average molecular weight is 253 g/mol. The van der Waals surface area contributed by atoms with Crippen LogP contribution in [0, 0.1) is 17.8 Å². The number of carbonyl (C=O) groups excluding carboxylic acids is 1. The predicted molar refractivity (Wildman–Crippen MR) is 68.6 cm³/mol. The number of aliphatic hydroxyl groups excluding tert-OH is 1. The van der Waals surface area contributed by atoms with Crippen LogP contribution in [-0.2, 0) is 4.79 Å². The van der Waals surface area contributed by atoms with E-state index in [4.69, 9.17) is 10.2 Å². The SMILES string of the molecule is CN(CCCCC(O)O)C(=O)C1CC2C=CC1C2. The lowest BCUT2D eigenvalue weighted by atomic mass is 9.92. The lowest BCUT2D eigenvalue weighted by molar-refractivity contribution is -0.135. The van der Waals surface area contributed by atoms with Crippen LogP contribution in [0.2, 0.25) is 0 Å². The summed E-state index contributed by atoms with van der Waals surface area (Å²) in [5, 5.41) is 17.5. The maximum Gasteiger partial charge on any atom is 0.226 e. The summed E-state index contributed by atoms with van der Waals surface area (Å²) in [5.74, 6) is 1.54. The van der Waals surface area contributed by atoms with Gasteiger partial charge in [0.15, 0.2) is 6.29 Å². The minimum absolute atomic E-state index is 0.188. The number of hydrogen-bond acceptors (Lipinski definition) is 3. The van der Waals surface area contributed by atoms with Gasteiger partial charge in [0.1, 0.15) is 0 Å². The monoisotopic (exact) mass is 253 g/mol. The largest absolute Gasteiger partial charge is 0.368 e. The van der Waals surface area contributed by atoms with E-state index in [0.717, 1.165) is 25.7 Å². The molecule has 0 heterocycles. The Morgan fingerprint density at radius 3 is 2.67 bits per heavy atom. The zero-order valence-electron chi connectivity index (χ0n) is 11.0. The van der Waals surface area contributed by atoms with E-state index in [2.05, 4.69) is 12.2 Å². The van der Waals surface area contributed by atoms with Crippen LogP contribution in [0.15, 0.2) is 12.2 Å². The number of hydrogen-bond donors (Lipinski definition) is 2. The van der Waals surface area contributed by atoms with Crippen LogP contribution in [0.4, 0.5) is 0 Å². The van der Waals surface area contributed by atoms with E-state index >= 15 is 0 Å². The molecule has 2 rings (SSSR count). The number of rotatable bonds is 6. The fourth-order valence-corrected chi connectivity index (χ4v) is 3.13. The first-order chi connectivity index (χ1) is 8.58. The standard InChI is InChI=1S/C14H23NO3/c1-15(7-3-2-4-13(16)17)14(18)12-9-10-5-6-11(12)8-10/h5-6,10-13,16-17H,2-4,7-9H2,1H3. The summed E-state index contributed by atoms with van der Waals surface area (Å²) >= 11 is 0. The third-order valence-electron chi connectivity index (χ3n) is 4.18. The van der Waals surface area contributed by atoms with Crippen molar-refractivity contribution in [3.05, 3.63) is 12.2 Å². The summed E-state index contributed by atoms with van der Waals surface area (Å²) in [7, 11) is 1.85. The molecule has 1 amide bonds. The number of unbranched alkanes of at least 4 members (excludes halogenated alkanes) is 1. The van der Waals surface area contributed by atoms with Crippen molar-refractivity contribution in [2.75, 3.05) is 13.6 Å². The topological polar surface area (TPSA) is 60.8 Å². The van der Waals surface area contributed by atoms with Gasteiger partial charge in [0.2, 0.25) is 5.91 Å². The molecule has 0 saturated heterocycles. The van der Waals surface area contributed by atoms with Gasteiger partial charge in [0.25, 0.3) is 0 Å². The Bertz CT molecular complexity index is 327. The van der Waals surface area contributed by atoms with Crippen molar-refractivity contribution in [2.24, 2.45) is 17.8 Å². The molecule has 0 aromatic heterocycles. The summed E-state index contributed by atoms with van der Waals surface area (Å²) in [5.41, 5.74) is 0. The molecule has 0 aliphatic heterocycles. The number of carbonyl (C=O) groups is 1. The number of aliphatic hydroxyl groups is 2. The first-order valence-electron chi connectivity index (χ1n) is 6.87. The highest BCUT2D eigenvalue weighted by Gasteiger charge is 2.40. The predicted octanol–water partition coefficient (Wildman–Crippen LogP) is 1.14. The fourth-order valence-electron chi connectivity index (χ4n) is 3.13. The molecule has 2 bridgehead atoms. The molecule has 0 spiro atoms. The van der Waals surface area contributed by atoms with Crippen molar-refractivity contribution in [3.63, 3.8) is 0 Å². The van der Waals surface area contributed by atoms with E-state index in [-0.39, 0.29) is 11.8 Å². The van der Waals surface area contributed by atoms with Crippen molar-refractivity contribution in [2.45, 2.75) is 38.4 Å². The van der Waals surface area contributed by atoms with E-state index < -0.39 is 6.29 Å². The molecule has 4 nitrogen and oxygen atoms in total. The molecule has 0 aromatic carbocycles. The molecule has 3 atom stereocenters. The Morgan fingerprint density at radius 1 is 1.33 bits per heavy atom. The van der Waals surface area contributed by atoms with Crippen molar-refractivity contribution in [1.29, 1.82) is 0 Å². The van der Waals surface area contributed by atoms with Gasteiger partial charge in [-0.3, -0.25) is 4.79 Å². The zero-order valence-corrected chi connectivity index (χ0v) is 11.0. The van der Waals surface area contributed by atoms with Gasteiger partial charge in [0.05, 0.1) is 0 Å². The molecule has 4 heteroatoms. The van der Waals surface area contributed by atoms with Gasteiger partial charge < -0.3 is 15.1 Å². The maximum absolute atomic E-state index is 12.3. The number of nitrogens with zero attached hydrogens (tertiary/aromatic N) is 1. The Hall–Kier alpha value is -0.870. The van der Waals surface area contributed by atoms with Crippen LogP contribution < -0.4 is 0 Å². The van der Waals surface area contributed by atoms with Crippen molar-refractivity contribution >= 4 is 5.91 Å². The van der Waals surface area contributed by atoms with Gasteiger partial charge >= 0.3 is 0 Å². The Morgan fingerprint density at radius 2 is 2.11 bits per heavy atom. The minimum atomic E-state index is -1.22. The Balaban J connectivity index is 1.70. The molecule has 1 fully saturated rings. The maximum atomic E-state index is 12.3. The van der Waals surface area contributed by atoms with Crippen LogP contribution in [-0.4, -0.2) is 40.9 Å². The second-order valence-electron chi connectivity index (χ2n) is 5.62. The van der Waals surface area contributed by atoms with E-state index in [1.54, 1.807) is 0 Å². The summed E-state index contributed by atoms with van der Waals surface area (Å²) < 4.78 is 0. The molecular weight excluding hydrogens is 230 g/mol. The van der Waals surface area contributed by atoms with Crippen LogP contribution in [0.3, 0.4) is 0 Å². The highest BCUT2D eigenvalue weighted by molar-refractivity contribution is 5.79. The molecule has 2 aliphatic carbocycles. The van der Waals surface area contributed by atoms with Gasteiger partial charge in [-0.2, -0.15) is 0 Å². The molecule has 18 heavy (non-hydrogen) atoms. The second kappa shape index (κ2) is 5.85. The Labute approximate surface area is 108 Å². The van der Waals surface area contributed by atoms with Crippen molar-refractivity contribution in [1.82, 2.24) is 4.90 Å². The average Bonchev–Trinajstić information content (AvgIpc) is 2.95. The molecule has 102 valence electrons.